The smallest absolute Gasteiger partial charge is 0.127 e. The molecule has 2 heterocycles. The maximum atomic E-state index is 13.4. The molecule has 1 atom stereocenters. The van der Waals surface area contributed by atoms with Crippen LogP contribution in [0.2, 0.25) is 0 Å². The van der Waals surface area contributed by atoms with E-state index in [0.717, 1.165) is 24.4 Å². The predicted octanol–water partition coefficient (Wildman–Crippen LogP) is 2.32. The first-order valence-corrected chi connectivity index (χ1v) is 7.21. The quantitative estimate of drug-likeness (QED) is 0.932. The van der Waals surface area contributed by atoms with E-state index in [4.69, 9.17) is 0 Å². The minimum atomic E-state index is -0.272. The van der Waals surface area contributed by atoms with Crippen molar-refractivity contribution in [3.05, 3.63) is 29.8 Å². The molecule has 3 rings (SSSR count). The monoisotopic (exact) mass is 277 g/mol. The van der Waals surface area contributed by atoms with E-state index in [1.165, 1.54) is 25.0 Å². The highest BCUT2D eigenvalue weighted by atomic mass is 19.1. The molecular formula is C15H20FN3O. The molecule has 20 heavy (non-hydrogen) atoms. The first-order chi connectivity index (χ1) is 9.70. The van der Waals surface area contributed by atoms with Crippen molar-refractivity contribution in [2.45, 2.75) is 32.4 Å². The Bertz CT molecular complexity index is 604. The summed E-state index contributed by atoms with van der Waals surface area (Å²) in [7, 11) is 0. The molecule has 1 aromatic carbocycles. The molecule has 0 aliphatic carbocycles. The molecule has 0 radical (unpaired) electrons. The third-order valence-electron chi connectivity index (χ3n) is 4.13. The Morgan fingerprint density at radius 2 is 2.10 bits per heavy atom. The highest BCUT2D eigenvalue weighted by Gasteiger charge is 2.24. The molecule has 1 aliphatic heterocycles. The predicted molar refractivity (Wildman–Crippen MR) is 76.0 cm³/mol. The summed E-state index contributed by atoms with van der Waals surface area (Å²) in [6, 6.07) is 4.85. The molecule has 1 unspecified atom stereocenters. The second-order valence-corrected chi connectivity index (χ2v) is 5.40. The number of aliphatic hydroxyl groups is 1. The molecule has 1 N–H and O–H groups in total. The fourth-order valence-corrected chi connectivity index (χ4v) is 3.07. The van der Waals surface area contributed by atoms with E-state index in [9.17, 15) is 9.50 Å². The van der Waals surface area contributed by atoms with E-state index >= 15 is 0 Å². The van der Waals surface area contributed by atoms with E-state index < -0.39 is 0 Å². The molecule has 1 aliphatic rings. The van der Waals surface area contributed by atoms with Crippen LogP contribution in [0, 0.1) is 5.82 Å². The Balaban J connectivity index is 2.05. The van der Waals surface area contributed by atoms with Crippen molar-refractivity contribution in [3.63, 3.8) is 0 Å². The topological polar surface area (TPSA) is 41.3 Å². The van der Waals surface area contributed by atoms with Crippen molar-refractivity contribution in [3.8, 4) is 0 Å². The van der Waals surface area contributed by atoms with Gasteiger partial charge in [0.1, 0.15) is 11.6 Å². The Labute approximate surface area is 117 Å². The molecule has 1 fully saturated rings. The van der Waals surface area contributed by atoms with Crippen LogP contribution in [0.15, 0.2) is 18.2 Å². The molecule has 2 aromatic rings. The van der Waals surface area contributed by atoms with Crippen LogP contribution in [0.1, 0.15) is 31.6 Å². The number of aliphatic hydroxyl groups excluding tert-OH is 1. The van der Waals surface area contributed by atoms with E-state index in [2.05, 4.69) is 16.8 Å². The molecule has 108 valence electrons. The van der Waals surface area contributed by atoms with Crippen LogP contribution in [-0.4, -0.2) is 39.3 Å². The summed E-state index contributed by atoms with van der Waals surface area (Å²) in [5.74, 6) is 0.646. The number of rotatable bonds is 4. The molecular weight excluding hydrogens is 257 g/mol. The lowest BCUT2D eigenvalue weighted by Gasteiger charge is -2.24. The number of fused-ring (bicyclic) bond motifs is 1. The molecule has 5 heteroatoms. The van der Waals surface area contributed by atoms with Crippen LogP contribution < -0.4 is 0 Å². The number of imidazole rings is 1. The average molecular weight is 277 g/mol. The third-order valence-corrected chi connectivity index (χ3v) is 4.13. The van der Waals surface area contributed by atoms with Gasteiger partial charge in [0.2, 0.25) is 0 Å². The van der Waals surface area contributed by atoms with Gasteiger partial charge >= 0.3 is 0 Å². The molecule has 1 aromatic heterocycles. The van der Waals surface area contributed by atoms with Crippen LogP contribution in [0.4, 0.5) is 4.39 Å². The first kappa shape index (κ1) is 13.5. The van der Waals surface area contributed by atoms with Gasteiger partial charge < -0.3 is 9.67 Å². The zero-order chi connectivity index (χ0) is 14.1. The second-order valence-electron chi connectivity index (χ2n) is 5.40. The first-order valence-electron chi connectivity index (χ1n) is 7.21. The molecule has 1 saturated heterocycles. The van der Waals surface area contributed by atoms with E-state index in [-0.39, 0.29) is 18.5 Å². The number of hydrogen-bond donors (Lipinski definition) is 1. The van der Waals surface area contributed by atoms with E-state index in [1.54, 1.807) is 6.07 Å². The maximum absolute atomic E-state index is 13.4. The minimum absolute atomic E-state index is 0.0581. The van der Waals surface area contributed by atoms with Gasteiger partial charge in [-0.25, -0.2) is 9.37 Å². The standard InChI is InChI=1S/C15H20FN3O/c1-11(18-6-2-3-7-18)15-17-13-10-12(16)4-5-14(13)19(15)8-9-20/h4-5,10-11,20H,2-3,6-9H2,1H3. The summed E-state index contributed by atoms with van der Waals surface area (Å²) in [4.78, 5) is 7.00. The van der Waals surface area contributed by atoms with Crippen LogP contribution in [-0.2, 0) is 6.54 Å². The summed E-state index contributed by atoms with van der Waals surface area (Å²) in [6.45, 7) is 4.85. The molecule has 0 spiro atoms. The van der Waals surface area contributed by atoms with Gasteiger partial charge in [-0.3, -0.25) is 4.90 Å². The summed E-state index contributed by atoms with van der Waals surface area (Å²) in [5, 5.41) is 9.29. The summed E-state index contributed by atoms with van der Waals surface area (Å²) in [5.41, 5.74) is 1.56. The van der Waals surface area contributed by atoms with Crippen LogP contribution >= 0.6 is 0 Å². The van der Waals surface area contributed by atoms with Crippen LogP contribution in [0.25, 0.3) is 11.0 Å². The Morgan fingerprint density at radius 1 is 1.35 bits per heavy atom. The Hall–Kier alpha value is -1.46. The van der Waals surface area contributed by atoms with Gasteiger partial charge in [0.05, 0.1) is 23.7 Å². The normalized spacial score (nSPS) is 17.9. The van der Waals surface area contributed by atoms with E-state index in [0.29, 0.717) is 12.1 Å². The van der Waals surface area contributed by atoms with Gasteiger partial charge in [0, 0.05) is 12.6 Å². The molecule has 0 amide bonds. The van der Waals surface area contributed by atoms with Crippen molar-refractivity contribution in [1.82, 2.24) is 14.5 Å². The summed E-state index contributed by atoms with van der Waals surface area (Å²) in [6.07, 6.45) is 2.44. The van der Waals surface area contributed by atoms with E-state index in [1.807, 2.05) is 4.57 Å². The highest BCUT2D eigenvalue weighted by Crippen LogP contribution is 2.27. The van der Waals surface area contributed by atoms with Gasteiger partial charge in [0.15, 0.2) is 0 Å². The van der Waals surface area contributed by atoms with Gasteiger partial charge in [0.25, 0.3) is 0 Å². The van der Waals surface area contributed by atoms with Gasteiger partial charge in [-0.05, 0) is 45.0 Å². The summed E-state index contributed by atoms with van der Waals surface area (Å²) < 4.78 is 15.4. The lowest BCUT2D eigenvalue weighted by atomic mass is 10.2. The van der Waals surface area contributed by atoms with Crippen LogP contribution in [0.3, 0.4) is 0 Å². The van der Waals surface area contributed by atoms with Crippen molar-refractivity contribution in [1.29, 1.82) is 0 Å². The number of likely N-dealkylation sites (tertiary alicyclic amines) is 1. The zero-order valence-corrected chi connectivity index (χ0v) is 11.7. The third kappa shape index (κ3) is 2.31. The second kappa shape index (κ2) is 5.50. The van der Waals surface area contributed by atoms with Gasteiger partial charge in [-0.2, -0.15) is 0 Å². The summed E-state index contributed by atoms with van der Waals surface area (Å²) >= 11 is 0. The number of halogens is 1. The van der Waals surface area contributed by atoms with Crippen molar-refractivity contribution >= 4 is 11.0 Å². The Morgan fingerprint density at radius 3 is 2.80 bits per heavy atom. The largest absolute Gasteiger partial charge is 0.395 e. The number of benzene rings is 1. The Kier molecular flexibility index (Phi) is 3.72. The van der Waals surface area contributed by atoms with Crippen molar-refractivity contribution in [2.75, 3.05) is 19.7 Å². The number of hydrogen-bond acceptors (Lipinski definition) is 3. The van der Waals surface area contributed by atoms with Gasteiger partial charge in [-0.15, -0.1) is 0 Å². The SMILES string of the molecule is CC(c1nc2cc(F)ccc2n1CCO)N1CCCC1. The molecule has 4 nitrogen and oxygen atoms in total. The fourth-order valence-electron chi connectivity index (χ4n) is 3.07. The lowest BCUT2D eigenvalue weighted by molar-refractivity contribution is 0.237. The minimum Gasteiger partial charge on any atom is -0.395 e. The number of nitrogens with zero attached hydrogens (tertiary/aromatic N) is 3. The lowest BCUT2D eigenvalue weighted by Crippen LogP contribution is -2.26. The van der Waals surface area contributed by atoms with Crippen LogP contribution in [0.5, 0.6) is 0 Å². The van der Waals surface area contributed by atoms with Crippen molar-refractivity contribution in [2.24, 2.45) is 0 Å². The van der Waals surface area contributed by atoms with Gasteiger partial charge in [-0.1, -0.05) is 0 Å². The fraction of sp³-hybridized carbons (Fsp3) is 0.533. The zero-order valence-electron chi connectivity index (χ0n) is 11.7. The molecule has 0 bridgehead atoms. The maximum Gasteiger partial charge on any atom is 0.127 e. The number of aromatic nitrogens is 2. The average Bonchev–Trinajstić information content (AvgIpc) is 3.06. The molecule has 0 saturated carbocycles. The highest BCUT2D eigenvalue weighted by molar-refractivity contribution is 5.76. The van der Waals surface area contributed by atoms with Crippen molar-refractivity contribution < 1.29 is 9.50 Å².